The van der Waals surface area contributed by atoms with Gasteiger partial charge in [-0.3, -0.25) is 9.97 Å². The van der Waals surface area contributed by atoms with Crippen LogP contribution in [0.15, 0.2) is 73.3 Å². The number of rotatable bonds is 0. The summed E-state index contributed by atoms with van der Waals surface area (Å²) in [7, 11) is 0. The molecule has 0 radical (unpaired) electrons. The Morgan fingerprint density at radius 3 is 1.62 bits per heavy atom. The molecule has 0 saturated heterocycles. The Bertz CT molecular complexity index is 1590. The van der Waals surface area contributed by atoms with Crippen LogP contribution in [-0.4, -0.2) is 9.97 Å². The first-order valence-electron chi connectivity index (χ1n) is 11.8. The Hall–Kier alpha value is -4.28. The molecule has 0 atom stereocenters. The largest absolute Gasteiger partial charge is 2.00 e. The number of hydrogen-bond donors (Lipinski definition) is 0. The van der Waals surface area contributed by atoms with Crippen molar-refractivity contribution in [3.63, 3.8) is 0 Å². The molecule has 0 N–H and O–H groups in total. The van der Waals surface area contributed by atoms with Gasteiger partial charge in [0.25, 0.3) is 0 Å². The summed E-state index contributed by atoms with van der Waals surface area (Å²) in [6, 6.07) is 17.7. The van der Waals surface area contributed by atoms with E-state index in [4.69, 9.17) is 50.0 Å². The van der Waals surface area contributed by atoms with Crippen LogP contribution in [0.5, 0.6) is 11.5 Å². The Morgan fingerprint density at radius 1 is 0.700 bits per heavy atom. The molecule has 194 valence electrons. The van der Waals surface area contributed by atoms with Gasteiger partial charge in [-0.05, 0) is 75.2 Å². The van der Waals surface area contributed by atoms with Crippen molar-refractivity contribution >= 4 is 11.6 Å². The molecule has 4 aromatic rings. The van der Waals surface area contributed by atoms with Gasteiger partial charge >= 0.3 is 19.5 Å². The van der Waals surface area contributed by atoms with Crippen LogP contribution in [0.2, 0.25) is 5.02 Å². The van der Waals surface area contributed by atoms with E-state index in [1.165, 1.54) is 5.56 Å². The van der Waals surface area contributed by atoms with Gasteiger partial charge in [-0.2, -0.15) is 5.26 Å². The molecule has 0 aliphatic carbocycles. The van der Waals surface area contributed by atoms with Crippen molar-refractivity contribution in [3.8, 4) is 39.8 Å². The van der Waals surface area contributed by atoms with Crippen LogP contribution in [0.1, 0.15) is 44.4 Å². The van der Waals surface area contributed by atoms with Crippen molar-refractivity contribution in [3.05, 3.63) is 108 Å². The first kappa shape index (κ1) is 31.9. The quantitative estimate of drug-likeness (QED) is 0.152. The number of aromatic nitrogens is 2. The molecule has 40 heavy (non-hydrogen) atoms. The van der Waals surface area contributed by atoms with E-state index in [-0.39, 0.29) is 25.1 Å². The van der Waals surface area contributed by atoms with E-state index in [0.717, 1.165) is 44.3 Å². The SMILES string of the molecule is CC1(C)Oc2cnccc2-c2ccc(C#N)cc21.CC1(C)Oc2cnccc2-c2ccc(Cl)cc21.[C-]#N.[C-]#N.[Zn+2]. The maximum Gasteiger partial charge on any atom is 2.00 e. The summed E-state index contributed by atoms with van der Waals surface area (Å²) in [5, 5.41) is 22.2. The molecule has 6 rings (SSSR count). The van der Waals surface area contributed by atoms with E-state index in [1.807, 2.05) is 76.2 Å². The van der Waals surface area contributed by atoms with Crippen molar-refractivity contribution in [2.45, 2.75) is 38.9 Å². The predicted molar refractivity (Wildman–Crippen MR) is 146 cm³/mol. The Kier molecular flexibility index (Phi) is 10.5. The molecule has 0 fully saturated rings. The maximum absolute atomic E-state index is 9.00. The average molecular weight is 599 g/mol. The van der Waals surface area contributed by atoms with E-state index in [0.29, 0.717) is 5.56 Å². The predicted octanol–water partition coefficient (Wildman–Crippen LogP) is 7.47. The van der Waals surface area contributed by atoms with Crippen molar-refractivity contribution in [1.29, 1.82) is 15.8 Å². The molecule has 2 aliphatic rings. The maximum atomic E-state index is 9.00. The Labute approximate surface area is 252 Å². The Balaban J connectivity index is 0.000000244. The third kappa shape index (κ3) is 6.30. The molecule has 4 heterocycles. The zero-order chi connectivity index (χ0) is 28.8. The fraction of sp³-hybridized carbons (Fsp3) is 0.194. The van der Waals surface area contributed by atoms with Crippen LogP contribution in [0.25, 0.3) is 22.3 Å². The van der Waals surface area contributed by atoms with Gasteiger partial charge in [-0.15, -0.1) is 0 Å². The normalized spacial score (nSPS) is 13.5. The van der Waals surface area contributed by atoms with Gasteiger partial charge in [-0.1, -0.05) is 23.7 Å². The first-order valence-corrected chi connectivity index (χ1v) is 12.1. The fourth-order valence-corrected chi connectivity index (χ4v) is 4.80. The molecule has 7 nitrogen and oxygen atoms in total. The van der Waals surface area contributed by atoms with Crippen molar-refractivity contribution in [2.24, 2.45) is 0 Å². The number of halogens is 1. The minimum absolute atomic E-state index is 0. The van der Waals surface area contributed by atoms with Gasteiger partial charge in [0, 0.05) is 39.7 Å². The second kappa shape index (κ2) is 13.2. The fourth-order valence-electron chi connectivity index (χ4n) is 4.62. The summed E-state index contributed by atoms with van der Waals surface area (Å²) in [6.07, 6.45) is 7.02. The summed E-state index contributed by atoms with van der Waals surface area (Å²) in [5.41, 5.74) is 6.38. The number of fused-ring (bicyclic) bond motifs is 6. The van der Waals surface area contributed by atoms with Gasteiger partial charge < -0.3 is 33.1 Å². The van der Waals surface area contributed by atoms with Crippen LogP contribution < -0.4 is 9.47 Å². The monoisotopic (exact) mass is 597 g/mol. The average Bonchev–Trinajstić information content (AvgIpc) is 2.95. The molecular formula is C31H24ClN5O2Zn. The molecule has 0 saturated carbocycles. The molecule has 2 aromatic carbocycles. The number of ether oxygens (including phenoxy) is 2. The third-order valence-corrected chi connectivity index (χ3v) is 6.54. The van der Waals surface area contributed by atoms with E-state index in [2.05, 4.69) is 16.0 Å². The number of nitrogens with zero attached hydrogens (tertiary/aromatic N) is 5. The van der Waals surface area contributed by atoms with Gasteiger partial charge in [0.05, 0.1) is 24.0 Å². The molecule has 2 aliphatic heterocycles. The molecule has 0 unspecified atom stereocenters. The van der Waals surface area contributed by atoms with E-state index >= 15 is 0 Å². The van der Waals surface area contributed by atoms with Crippen LogP contribution in [0.4, 0.5) is 0 Å². The zero-order valence-corrected chi connectivity index (χ0v) is 26.3. The second-order valence-corrected chi connectivity index (χ2v) is 9.97. The second-order valence-electron chi connectivity index (χ2n) is 9.53. The molecular weight excluding hydrogens is 575 g/mol. The summed E-state index contributed by atoms with van der Waals surface area (Å²) in [4.78, 5) is 8.20. The summed E-state index contributed by atoms with van der Waals surface area (Å²) in [5.74, 6) is 1.62. The molecule has 0 amide bonds. The van der Waals surface area contributed by atoms with Crippen LogP contribution in [0.3, 0.4) is 0 Å². The van der Waals surface area contributed by atoms with E-state index in [9.17, 15) is 0 Å². The van der Waals surface area contributed by atoms with Crippen molar-refractivity contribution in [1.82, 2.24) is 9.97 Å². The molecule has 0 bridgehead atoms. The standard InChI is InChI=1S/C15H12N2O.C14H12ClNO.2CN.Zn/c1-15(2)13-7-10(8-16)3-4-11(13)12-5-6-17-9-14(12)18-15;1-14(2)12-7-9(15)3-4-10(12)11-5-6-16-8-13(11)17-14;2*1-2;/h3-7,9H,1-2H3;3-8H,1-2H3;;;/q;;2*-1;+2. The number of pyridine rings is 2. The van der Waals surface area contributed by atoms with Crippen molar-refractivity contribution in [2.75, 3.05) is 0 Å². The zero-order valence-electron chi connectivity index (χ0n) is 22.6. The van der Waals surface area contributed by atoms with E-state index in [1.54, 1.807) is 24.8 Å². The summed E-state index contributed by atoms with van der Waals surface area (Å²) in [6.45, 7) is 17.6. The number of nitriles is 1. The minimum atomic E-state index is -0.446. The van der Waals surface area contributed by atoms with E-state index < -0.39 is 5.60 Å². The third-order valence-electron chi connectivity index (χ3n) is 6.31. The Morgan fingerprint density at radius 2 is 1.15 bits per heavy atom. The van der Waals surface area contributed by atoms with Crippen LogP contribution in [-0.2, 0) is 30.7 Å². The first-order chi connectivity index (χ1) is 18.7. The van der Waals surface area contributed by atoms with Gasteiger partial charge in [0.1, 0.15) is 22.7 Å². The van der Waals surface area contributed by atoms with Crippen LogP contribution in [0, 0.1) is 35.0 Å². The smallest absolute Gasteiger partial charge is 0.512 e. The van der Waals surface area contributed by atoms with Gasteiger partial charge in [-0.25, -0.2) is 0 Å². The molecule has 2 aromatic heterocycles. The van der Waals surface area contributed by atoms with Gasteiger partial charge in [0.15, 0.2) is 0 Å². The topological polar surface area (TPSA) is 116 Å². The van der Waals surface area contributed by atoms with Gasteiger partial charge in [0.2, 0.25) is 0 Å². The summed E-state index contributed by atoms with van der Waals surface area (Å²) < 4.78 is 12.0. The summed E-state index contributed by atoms with van der Waals surface area (Å²) >= 11 is 6.06. The molecule has 9 heteroatoms. The van der Waals surface area contributed by atoms with Crippen LogP contribution >= 0.6 is 11.6 Å². The molecule has 0 spiro atoms. The number of benzene rings is 2. The number of hydrogen-bond acceptors (Lipinski definition) is 7. The van der Waals surface area contributed by atoms with Crippen molar-refractivity contribution < 1.29 is 29.0 Å². The minimum Gasteiger partial charge on any atom is -0.512 e.